The van der Waals surface area contributed by atoms with Gasteiger partial charge in [0.2, 0.25) is 0 Å². The van der Waals surface area contributed by atoms with Crippen molar-refractivity contribution in [3.05, 3.63) is 47.9 Å². The van der Waals surface area contributed by atoms with Crippen LogP contribution in [0.2, 0.25) is 0 Å². The molecule has 1 aromatic rings. The summed E-state index contributed by atoms with van der Waals surface area (Å²) in [7, 11) is 0. The van der Waals surface area contributed by atoms with Crippen LogP contribution in [-0.2, 0) is 6.42 Å². The molecule has 0 radical (unpaired) electrons. The molecule has 2 heteroatoms. The monoisotopic (exact) mass is 150 g/mol. The Morgan fingerprint density at radius 3 is 2.36 bits per heavy atom. The fraction of sp³-hybridized carbons (Fsp3) is 0.111. The average Bonchev–Trinajstić information content (AvgIpc) is 2.03. The summed E-state index contributed by atoms with van der Waals surface area (Å²) >= 11 is 0. The van der Waals surface area contributed by atoms with Gasteiger partial charge in [0.05, 0.1) is 0 Å². The van der Waals surface area contributed by atoms with Crippen LogP contribution in [0.25, 0.3) is 0 Å². The van der Waals surface area contributed by atoms with Crippen LogP contribution < -0.4 is 0 Å². The minimum Gasteiger partial charge on any atom is -0.481 e. The van der Waals surface area contributed by atoms with E-state index < -0.39 is 5.95 Å². The van der Waals surface area contributed by atoms with Crippen LogP contribution >= 0.6 is 0 Å². The molecule has 0 heterocycles. The molecule has 58 valence electrons. The van der Waals surface area contributed by atoms with Gasteiger partial charge in [-0.2, -0.15) is 0 Å². The second-order valence-electron chi connectivity index (χ2n) is 2.25. The van der Waals surface area contributed by atoms with Gasteiger partial charge in [0.15, 0.2) is 0 Å². The number of aliphatic hydroxyl groups excluding tert-OH is 1. The Morgan fingerprint density at radius 1 is 1.18 bits per heavy atom. The fourth-order valence-corrected chi connectivity index (χ4v) is 0.823. The molecular weight excluding hydrogens is 140 g/mol. The second-order valence-corrected chi connectivity index (χ2v) is 2.25. The Labute approximate surface area is 65.4 Å². The van der Waals surface area contributed by atoms with Crippen molar-refractivity contribution in [3.8, 4) is 0 Å². The maximum atomic E-state index is 8.43. The van der Waals surface area contributed by atoms with Gasteiger partial charge in [-0.15, -0.1) is 0 Å². The number of benzene rings is 1. The summed E-state index contributed by atoms with van der Waals surface area (Å²) in [5, 5.41) is 16.9. The first kappa shape index (κ1) is 7.66. The lowest BCUT2D eigenvalue weighted by atomic mass is 10.1. The lowest BCUT2D eigenvalue weighted by molar-refractivity contribution is 0.189. The number of hydrogen-bond donors (Lipinski definition) is 2. The molecule has 2 N–H and O–H groups in total. The molecule has 0 amide bonds. The molecule has 0 aliphatic heterocycles. The van der Waals surface area contributed by atoms with Gasteiger partial charge in [0, 0.05) is 6.08 Å². The Morgan fingerprint density at radius 2 is 1.82 bits per heavy atom. The SMILES string of the molecule is OC(O)=CCc1ccccc1. The smallest absolute Gasteiger partial charge is 0.270 e. The van der Waals surface area contributed by atoms with Gasteiger partial charge in [-0.05, 0) is 12.0 Å². The van der Waals surface area contributed by atoms with E-state index in [-0.39, 0.29) is 0 Å². The molecule has 0 bridgehead atoms. The highest BCUT2D eigenvalue weighted by molar-refractivity contribution is 5.17. The van der Waals surface area contributed by atoms with Crippen LogP contribution in [0.15, 0.2) is 42.4 Å². The molecule has 0 spiro atoms. The summed E-state index contributed by atoms with van der Waals surface area (Å²) in [6.07, 6.45) is 1.92. The molecule has 0 aliphatic carbocycles. The first-order valence-electron chi connectivity index (χ1n) is 3.41. The zero-order valence-electron chi connectivity index (χ0n) is 6.07. The molecule has 11 heavy (non-hydrogen) atoms. The summed E-state index contributed by atoms with van der Waals surface area (Å²) in [5.41, 5.74) is 1.06. The van der Waals surface area contributed by atoms with Crippen LogP contribution in [0, 0.1) is 0 Å². The van der Waals surface area contributed by atoms with Crippen molar-refractivity contribution in [1.29, 1.82) is 0 Å². The lowest BCUT2D eigenvalue weighted by Gasteiger charge is -1.93. The quantitative estimate of drug-likeness (QED) is 0.634. The van der Waals surface area contributed by atoms with E-state index in [0.717, 1.165) is 5.56 Å². The number of aliphatic hydroxyl groups is 2. The summed E-state index contributed by atoms with van der Waals surface area (Å²) in [6.45, 7) is 0. The van der Waals surface area contributed by atoms with Gasteiger partial charge in [-0.3, -0.25) is 0 Å². The van der Waals surface area contributed by atoms with Gasteiger partial charge in [0.1, 0.15) is 0 Å². The normalized spacial score (nSPS) is 9.09. The first-order chi connectivity index (χ1) is 5.29. The van der Waals surface area contributed by atoms with Gasteiger partial charge < -0.3 is 10.2 Å². The molecule has 0 unspecified atom stereocenters. The highest BCUT2D eigenvalue weighted by Gasteiger charge is 1.88. The standard InChI is InChI=1S/C9H10O2/c10-9(11)7-6-8-4-2-1-3-5-8/h1-5,7,10-11H,6H2. The number of allylic oxidation sites excluding steroid dienone is 1. The van der Waals surface area contributed by atoms with E-state index in [1.54, 1.807) is 0 Å². The van der Waals surface area contributed by atoms with Crippen LogP contribution in [0.1, 0.15) is 5.56 Å². The minimum absolute atomic E-state index is 0.559. The van der Waals surface area contributed by atoms with Gasteiger partial charge in [-0.1, -0.05) is 30.3 Å². The molecule has 0 saturated carbocycles. The maximum absolute atomic E-state index is 8.43. The molecule has 0 fully saturated rings. The molecule has 0 aliphatic rings. The molecule has 2 nitrogen and oxygen atoms in total. The van der Waals surface area contributed by atoms with Crippen LogP contribution in [-0.4, -0.2) is 10.2 Å². The van der Waals surface area contributed by atoms with Crippen molar-refractivity contribution in [3.63, 3.8) is 0 Å². The van der Waals surface area contributed by atoms with Crippen LogP contribution in [0.3, 0.4) is 0 Å². The third-order valence-electron chi connectivity index (χ3n) is 1.36. The molecular formula is C9H10O2. The van der Waals surface area contributed by atoms with Crippen molar-refractivity contribution in [2.45, 2.75) is 6.42 Å². The highest BCUT2D eigenvalue weighted by atomic mass is 16.5. The highest BCUT2D eigenvalue weighted by Crippen LogP contribution is 2.00. The van der Waals surface area contributed by atoms with Gasteiger partial charge in [0.25, 0.3) is 5.95 Å². The predicted octanol–water partition coefficient (Wildman–Crippen LogP) is 2.19. The third-order valence-corrected chi connectivity index (χ3v) is 1.36. The van der Waals surface area contributed by atoms with E-state index >= 15 is 0 Å². The summed E-state index contributed by atoms with van der Waals surface area (Å²) in [5.74, 6) is -0.617. The van der Waals surface area contributed by atoms with E-state index in [0.29, 0.717) is 6.42 Å². The van der Waals surface area contributed by atoms with E-state index in [2.05, 4.69) is 0 Å². The molecule has 0 saturated heterocycles. The number of rotatable bonds is 2. The van der Waals surface area contributed by atoms with Crippen molar-refractivity contribution in [2.75, 3.05) is 0 Å². The molecule has 0 aromatic heterocycles. The second kappa shape index (κ2) is 3.66. The summed E-state index contributed by atoms with van der Waals surface area (Å²) in [6, 6.07) is 9.61. The van der Waals surface area contributed by atoms with Crippen molar-refractivity contribution >= 4 is 0 Å². The lowest BCUT2D eigenvalue weighted by Crippen LogP contribution is -1.82. The molecule has 1 rings (SSSR count). The van der Waals surface area contributed by atoms with Crippen molar-refractivity contribution in [1.82, 2.24) is 0 Å². The fourth-order valence-electron chi connectivity index (χ4n) is 0.823. The maximum Gasteiger partial charge on any atom is 0.270 e. The van der Waals surface area contributed by atoms with E-state index in [1.807, 2.05) is 30.3 Å². The van der Waals surface area contributed by atoms with E-state index in [9.17, 15) is 0 Å². The van der Waals surface area contributed by atoms with Crippen LogP contribution in [0.5, 0.6) is 0 Å². The predicted molar refractivity (Wildman–Crippen MR) is 43.5 cm³/mol. The Bertz CT molecular complexity index is 235. The van der Waals surface area contributed by atoms with Gasteiger partial charge in [-0.25, -0.2) is 0 Å². The Balaban J connectivity index is 2.59. The molecule has 0 atom stereocenters. The topological polar surface area (TPSA) is 40.5 Å². The van der Waals surface area contributed by atoms with Crippen LogP contribution in [0.4, 0.5) is 0 Å². The van der Waals surface area contributed by atoms with Crippen molar-refractivity contribution < 1.29 is 10.2 Å². The minimum atomic E-state index is -0.617. The van der Waals surface area contributed by atoms with Gasteiger partial charge >= 0.3 is 0 Å². The third kappa shape index (κ3) is 2.76. The summed E-state index contributed by atoms with van der Waals surface area (Å²) in [4.78, 5) is 0. The Kier molecular flexibility index (Phi) is 2.55. The Hall–Kier alpha value is -1.44. The summed E-state index contributed by atoms with van der Waals surface area (Å²) < 4.78 is 0. The zero-order valence-corrected chi connectivity index (χ0v) is 6.07. The molecule has 1 aromatic carbocycles. The number of hydrogen-bond acceptors (Lipinski definition) is 2. The van der Waals surface area contributed by atoms with Crippen molar-refractivity contribution in [2.24, 2.45) is 0 Å². The first-order valence-corrected chi connectivity index (χ1v) is 3.41. The largest absolute Gasteiger partial charge is 0.481 e. The zero-order chi connectivity index (χ0) is 8.10. The average molecular weight is 150 g/mol. The van der Waals surface area contributed by atoms with E-state index in [4.69, 9.17) is 10.2 Å². The van der Waals surface area contributed by atoms with E-state index in [1.165, 1.54) is 6.08 Å².